The number of nitrogens with zero attached hydrogens (tertiary/aromatic N) is 2. The minimum absolute atomic E-state index is 0.0826. The average Bonchev–Trinajstić information content (AvgIpc) is 2.36. The Morgan fingerprint density at radius 1 is 1.41 bits per heavy atom. The molecule has 0 spiro atoms. The molecule has 0 radical (unpaired) electrons. The molecule has 1 heterocycles. The number of carbonyl (C=O) groups excluding carboxylic acids is 1. The number of primary amides is 1. The van der Waals surface area contributed by atoms with Crippen LogP contribution in [0.15, 0.2) is 6.20 Å². The van der Waals surface area contributed by atoms with E-state index in [2.05, 4.69) is 20.6 Å². The number of aromatic nitrogens is 2. The highest BCUT2D eigenvalue weighted by Gasteiger charge is 2.23. The number of anilines is 2. The lowest BCUT2D eigenvalue weighted by molar-refractivity contribution is 0.100. The Hall–Kier alpha value is -1.89. The van der Waals surface area contributed by atoms with Gasteiger partial charge in [-0.15, -0.1) is 0 Å². The summed E-state index contributed by atoms with van der Waals surface area (Å²) < 4.78 is 0. The summed E-state index contributed by atoms with van der Waals surface area (Å²) in [6.07, 6.45) is 4.47. The van der Waals surface area contributed by atoms with Crippen LogP contribution in [-0.2, 0) is 0 Å². The van der Waals surface area contributed by atoms with E-state index < -0.39 is 5.91 Å². The van der Waals surface area contributed by atoms with E-state index in [-0.39, 0.29) is 23.2 Å². The molecule has 2 atom stereocenters. The molecule has 1 unspecified atom stereocenters. The fourth-order valence-corrected chi connectivity index (χ4v) is 2.56. The third-order valence-electron chi connectivity index (χ3n) is 3.53. The first kappa shape index (κ1) is 16.5. The smallest absolute Gasteiger partial charge is 0.254 e. The molecular weight excluding hydrogens is 282 g/mol. The summed E-state index contributed by atoms with van der Waals surface area (Å²) in [4.78, 5) is 20.1. The normalized spacial score (nSPS) is 22.2. The SMILES string of the molecule is CC(C)(C)Nc1ncc(C(N)=O)c(NC2CCC[C@H](O)C2)n1. The number of nitrogens with two attached hydrogens (primary N) is 1. The van der Waals surface area contributed by atoms with Crippen molar-refractivity contribution < 1.29 is 9.90 Å². The summed E-state index contributed by atoms with van der Waals surface area (Å²) in [5, 5.41) is 16.2. The van der Waals surface area contributed by atoms with Gasteiger partial charge in [0.1, 0.15) is 5.82 Å². The van der Waals surface area contributed by atoms with Gasteiger partial charge in [-0.25, -0.2) is 4.98 Å². The maximum Gasteiger partial charge on any atom is 0.254 e. The molecule has 1 saturated carbocycles. The molecule has 22 heavy (non-hydrogen) atoms. The molecule has 7 heteroatoms. The lowest BCUT2D eigenvalue weighted by atomic mass is 9.93. The van der Waals surface area contributed by atoms with Gasteiger partial charge in [0.2, 0.25) is 5.95 Å². The lowest BCUT2D eigenvalue weighted by Gasteiger charge is -2.28. The quantitative estimate of drug-likeness (QED) is 0.670. The number of hydrogen-bond donors (Lipinski definition) is 4. The number of amides is 1. The van der Waals surface area contributed by atoms with E-state index in [1.807, 2.05) is 20.8 Å². The highest BCUT2D eigenvalue weighted by atomic mass is 16.3. The first-order chi connectivity index (χ1) is 10.2. The van der Waals surface area contributed by atoms with Crippen molar-refractivity contribution in [3.63, 3.8) is 0 Å². The van der Waals surface area contributed by atoms with Crippen molar-refractivity contribution in [3.05, 3.63) is 11.8 Å². The van der Waals surface area contributed by atoms with Gasteiger partial charge in [-0.1, -0.05) is 0 Å². The van der Waals surface area contributed by atoms with Crippen LogP contribution in [0.4, 0.5) is 11.8 Å². The maximum atomic E-state index is 11.6. The molecule has 1 aromatic heterocycles. The van der Waals surface area contributed by atoms with E-state index in [4.69, 9.17) is 5.73 Å². The van der Waals surface area contributed by atoms with Crippen LogP contribution in [0.3, 0.4) is 0 Å². The second-order valence-electron chi connectivity index (χ2n) is 6.86. The Morgan fingerprint density at radius 2 is 2.14 bits per heavy atom. The van der Waals surface area contributed by atoms with E-state index in [1.165, 1.54) is 6.20 Å². The summed E-state index contributed by atoms with van der Waals surface area (Å²) >= 11 is 0. The number of hydrogen-bond acceptors (Lipinski definition) is 6. The van der Waals surface area contributed by atoms with Gasteiger partial charge in [0.15, 0.2) is 0 Å². The monoisotopic (exact) mass is 307 g/mol. The summed E-state index contributed by atoms with van der Waals surface area (Å²) in [5.41, 5.74) is 5.47. The highest BCUT2D eigenvalue weighted by molar-refractivity contribution is 5.97. The predicted octanol–water partition coefficient (Wildman–Crippen LogP) is 1.50. The zero-order valence-corrected chi connectivity index (χ0v) is 13.4. The van der Waals surface area contributed by atoms with Crippen LogP contribution in [0, 0.1) is 0 Å². The molecule has 1 aromatic rings. The minimum Gasteiger partial charge on any atom is -0.393 e. The van der Waals surface area contributed by atoms with Crippen molar-refractivity contribution >= 4 is 17.7 Å². The fraction of sp³-hybridized carbons (Fsp3) is 0.667. The van der Waals surface area contributed by atoms with Crippen LogP contribution in [0.25, 0.3) is 0 Å². The Morgan fingerprint density at radius 3 is 2.73 bits per heavy atom. The molecule has 0 bridgehead atoms. The molecule has 0 aromatic carbocycles. The average molecular weight is 307 g/mol. The van der Waals surface area contributed by atoms with Crippen molar-refractivity contribution in [3.8, 4) is 0 Å². The Labute approximate surface area is 130 Å². The minimum atomic E-state index is -0.568. The van der Waals surface area contributed by atoms with Crippen molar-refractivity contribution in [1.29, 1.82) is 0 Å². The maximum absolute atomic E-state index is 11.6. The molecular formula is C15H25N5O2. The van der Waals surface area contributed by atoms with Gasteiger partial charge in [-0.3, -0.25) is 4.79 Å². The van der Waals surface area contributed by atoms with Crippen LogP contribution < -0.4 is 16.4 Å². The van der Waals surface area contributed by atoms with Gasteiger partial charge in [0.05, 0.1) is 11.7 Å². The zero-order chi connectivity index (χ0) is 16.3. The molecule has 1 aliphatic carbocycles. The number of nitrogens with one attached hydrogen (secondary N) is 2. The Kier molecular flexibility index (Phi) is 4.85. The summed E-state index contributed by atoms with van der Waals surface area (Å²) in [7, 11) is 0. The first-order valence-electron chi connectivity index (χ1n) is 7.64. The van der Waals surface area contributed by atoms with E-state index in [1.54, 1.807) is 0 Å². The number of rotatable bonds is 4. The van der Waals surface area contributed by atoms with Crippen LogP contribution in [0.2, 0.25) is 0 Å². The summed E-state index contributed by atoms with van der Waals surface area (Å²) in [5.74, 6) is 0.297. The standard InChI is InChI=1S/C15H25N5O2/c1-15(2,3)20-14-17-8-11(12(16)22)13(19-14)18-9-5-4-6-10(21)7-9/h8-10,21H,4-7H2,1-3H3,(H2,16,22)(H2,17,18,19,20)/t9?,10-/m0/s1. The second kappa shape index (κ2) is 6.48. The molecule has 2 rings (SSSR count). The molecule has 1 amide bonds. The van der Waals surface area contributed by atoms with E-state index in [0.717, 1.165) is 19.3 Å². The first-order valence-corrected chi connectivity index (χ1v) is 7.64. The topological polar surface area (TPSA) is 113 Å². The number of carbonyl (C=O) groups is 1. The van der Waals surface area contributed by atoms with Crippen molar-refractivity contribution in [1.82, 2.24) is 9.97 Å². The van der Waals surface area contributed by atoms with Crippen molar-refractivity contribution in [2.45, 2.75) is 64.1 Å². The number of aliphatic hydroxyl groups excluding tert-OH is 1. The van der Waals surface area contributed by atoms with Gasteiger partial charge in [-0.05, 0) is 46.5 Å². The van der Waals surface area contributed by atoms with Gasteiger partial charge < -0.3 is 21.5 Å². The third-order valence-corrected chi connectivity index (χ3v) is 3.53. The van der Waals surface area contributed by atoms with Gasteiger partial charge in [-0.2, -0.15) is 4.98 Å². The van der Waals surface area contributed by atoms with Gasteiger partial charge in [0.25, 0.3) is 5.91 Å². The van der Waals surface area contributed by atoms with Crippen LogP contribution in [0.5, 0.6) is 0 Å². The Balaban J connectivity index is 2.21. The van der Waals surface area contributed by atoms with Crippen LogP contribution in [-0.4, -0.2) is 38.7 Å². The van der Waals surface area contributed by atoms with Crippen molar-refractivity contribution in [2.24, 2.45) is 5.73 Å². The van der Waals surface area contributed by atoms with E-state index in [0.29, 0.717) is 18.2 Å². The Bertz CT molecular complexity index is 541. The molecule has 7 nitrogen and oxygen atoms in total. The predicted molar refractivity (Wildman–Crippen MR) is 85.8 cm³/mol. The fourth-order valence-electron chi connectivity index (χ4n) is 2.56. The van der Waals surface area contributed by atoms with Crippen LogP contribution in [0.1, 0.15) is 56.8 Å². The zero-order valence-electron chi connectivity index (χ0n) is 13.4. The third kappa shape index (κ3) is 4.56. The van der Waals surface area contributed by atoms with Crippen LogP contribution >= 0.6 is 0 Å². The lowest BCUT2D eigenvalue weighted by Crippen LogP contribution is -2.32. The molecule has 122 valence electrons. The summed E-state index contributed by atoms with van der Waals surface area (Å²) in [6, 6.07) is 0.0826. The molecule has 5 N–H and O–H groups in total. The highest BCUT2D eigenvalue weighted by Crippen LogP contribution is 2.24. The summed E-state index contributed by atoms with van der Waals surface area (Å²) in [6.45, 7) is 6.01. The molecule has 0 aliphatic heterocycles. The van der Waals surface area contributed by atoms with E-state index >= 15 is 0 Å². The molecule has 1 fully saturated rings. The van der Waals surface area contributed by atoms with Crippen molar-refractivity contribution in [2.75, 3.05) is 10.6 Å². The van der Waals surface area contributed by atoms with Gasteiger partial charge >= 0.3 is 0 Å². The second-order valence-corrected chi connectivity index (χ2v) is 6.86. The van der Waals surface area contributed by atoms with Gasteiger partial charge in [0, 0.05) is 17.8 Å². The number of aliphatic hydroxyl groups is 1. The molecule has 0 saturated heterocycles. The largest absolute Gasteiger partial charge is 0.393 e. The van der Waals surface area contributed by atoms with E-state index in [9.17, 15) is 9.90 Å². The molecule has 1 aliphatic rings.